The first-order valence-corrected chi connectivity index (χ1v) is 9.75. The van der Waals surface area contributed by atoms with E-state index in [2.05, 4.69) is 50.6 Å². The minimum atomic E-state index is -0.285. The molecule has 0 unspecified atom stereocenters. The Hall–Kier alpha value is -3.48. The van der Waals surface area contributed by atoms with Crippen molar-refractivity contribution in [2.24, 2.45) is 0 Å². The maximum atomic E-state index is 12.5. The first kappa shape index (κ1) is 20.3. The van der Waals surface area contributed by atoms with Crippen LogP contribution in [0.25, 0.3) is 0 Å². The van der Waals surface area contributed by atoms with Crippen molar-refractivity contribution in [3.63, 3.8) is 0 Å². The summed E-state index contributed by atoms with van der Waals surface area (Å²) in [5.41, 5.74) is 4.09. The first-order valence-electron chi connectivity index (χ1n) is 9.75. The Bertz CT molecular complexity index is 939. The Morgan fingerprint density at radius 1 is 1.03 bits per heavy atom. The molecule has 0 saturated carbocycles. The molecule has 7 nitrogen and oxygen atoms in total. The molecule has 1 aromatic carbocycles. The molecule has 0 saturated heterocycles. The number of aryl methyl sites for hydroxylation is 1. The number of benzene rings is 1. The van der Waals surface area contributed by atoms with E-state index in [9.17, 15) is 4.79 Å². The lowest BCUT2D eigenvalue weighted by atomic mass is 10.1. The van der Waals surface area contributed by atoms with Crippen LogP contribution in [-0.4, -0.2) is 34.2 Å². The zero-order valence-corrected chi connectivity index (χ0v) is 17.0. The van der Waals surface area contributed by atoms with Gasteiger partial charge in [-0.3, -0.25) is 9.78 Å². The molecule has 0 fully saturated rings. The predicted octanol–water partition coefficient (Wildman–Crippen LogP) is 3.89. The number of hydrogen-bond acceptors (Lipinski definition) is 6. The summed E-state index contributed by atoms with van der Waals surface area (Å²) >= 11 is 0. The van der Waals surface area contributed by atoms with Crippen LogP contribution in [0.3, 0.4) is 0 Å². The van der Waals surface area contributed by atoms with E-state index in [1.54, 1.807) is 18.3 Å². The molecule has 0 aliphatic rings. The molecule has 3 rings (SSSR count). The van der Waals surface area contributed by atoms with E-state index < -0.39 is 0 Å². The lowest BCUT2D eigenvalue weighted by molar-refractivity contribution is 0.102. The van der Waals surface area contributed by atoms with E-state index in [0.29, 0.717) is 12.4 Å². The minimum Gasteiger partial charge on any atom is -0.372 e. The molecule has 2 N–H and O–H groups in total. The van der Waals surface area contributed by atoms with Crippen LogP contribution in [0.4, 0.5) is 17.2 Å². The highest BCUT2D eigenvalue weighted by atomic mass is 16.1. The highest BCUT2D eigenvalue weighted by molar-refractivity contribution is 6.03. The number of nitrogens with zero attached hydrogens (tertiary/aromatic N) is 4. The third-order valence-corrected chi connectivity index (χ3v) is 4.66. The summed E-state index contributed by atoms with van der Waals surface area (Å²) in [6, 6.07) is 15.1. The smallest absolute Gasteiger partial charge is 0.276 e. The van der Waals surface area contributed by atoms with Crippen molar-refractivity contribution in [2.45, 2.75) is 27.3 Å². The summed E-state index contributed by atoms with van der Waals surface area (Å²) in [5.74, 6) is 0.305. The van der Waals surface area contributed by atoms with Crippen molar-refractivity contribution in [3.05, 3.63) is 71.7 Å². The SMILES string of the molecule is CCN(CC)c1ccc(NC(=O)c2ccc(NCc3ccccn3)nn2)c(C)c1. The van der Waals surface area contributed by atoms with Crippen LogP contribution in [0.1, 0.15) is 35.6 Å². The predicted molar refractivity (Wildman–Crippen MR) is 116 cm³/mol. The van der Waals surface area contributed by atoms with Gasteiger partial charge in [-0.25, -0.2) is 0 Å². The van der Waals surface area contributed by atoms with Crippen LogP contribution in [0, 0.1) is 6.92 Å². The second kappa shape index (κ2) is 9.64. The van der Waals surface area contributed by atoms with Crippen LogP contribution in [-0.2, 0) is 6.54 Å². The molecule has 0 spiro atoms. The summed E-state index contributed by atoms with van der Waals surface area (Å²) in [4.78, 5) is 19.0. The van der Waals surface area contributed by atoms with Crippen molar-refractivity contribution in [2.75, 3.05) is 28.6 Å². The van der Waals surface area contributed by atoms with Gasteiger partial charge in [-0.2, -0.15) is 0 Å². The highest BCUT2D eigenvalue weighted by Gasteiger charge is 2.11. The lowest BCUT2D eigenvalue weighted by Gasteiger charge is -2.22. The van der Waals surface area contributed by atoms with Crippen LogP contribution in [0.15, 0.2) is 54.7 Å². The standard InChI is InChI=1S/C22H26N6O/c1-4-28(5-2)18-9-10-19(16(3)14-18)25-22(29)20-11-12-21(27-26-20)24-15-17-8-6-7-13-23-17/h6-14H,4-5,15H2,1-3H3,(H,24,27)(H,25,29). The normalized spacial score (nSPS) is 10.4. The van der Waals surface area contributed by atoms with Gasteiger partial charge in [-0.05, 0) is 68.8 Å². The van der Waals surface area contributed by atoms with E-state index >= 15 is 0 Å². The third-order valence-electron chi connectivity index (χ3n) is 4.66. The molecule has 2 heterocycles. The number of aromatic nitrogens is 3. The highest BCUT2D eigenvalue weighted by Crippen LogP contribution is 2.23. The third kappa shape index (κ3) is 5.28. The number of amides is 1. The van der Waals surface area contributed by atoms with Gasteiger partial charge in [0.2, 0.25) is 0 Å². The number of pyridine rings is 1. The average Bonchev–Trinajstić information content (AvgIpc) is 2.76. The van der Waals surface area contributed by atoms with Crippen LogP contribution < -0.4 is 15.5 Å². The molecular formula is C22H26N6O. The number of anilines is 3. The second-order valence-corrected chi connectivity index (χ2v) is 6.60. The van der Waals surface area contributed by atoms with Gasteiger partial charge in [0.1, 0.15) is 5.82 Å². The lowest BCUT2D eigenvalue weighted by Crippen LogP contribution is -2.22. The quantitative estimate of drug-likeness (QED) is 0.607. The molecule has 0 radical (unpaired) electrons. The van der Waals surface area contributed by atoms with Crippen molar-refractivity contribution in [1.29, 1.82) is 0 Å². The molecule has 0 aliphatic heterocycles. The van der Waals surface area contributed by atoms with Gasteiger partial charge >= 0.3 is 0 Å². The van der Waals surface area contributed by atoms with E-state index in [0.717, 1.165) is 35.7 Å². The Morgan fingerprint density at radius 3 is 2.48 bits per heavy atom. The molecular weight excluding hydrogens is 364 g/mol. The van der Waals surface area contributed by atoms with Crippen molar-refractivity contribution >= 4 is 23.1 Å². The summed E-state index contributed by atoms with van der Waals surface area (Å²) in [7, 11) is 0. The number of rotatable bonds is 8. The molecule has 0 atom stereocenters. The molecule has 150 valence electrons. The Balaban J connectivity index is 1.62. The zero-order chi connectivity index (χ0) is 20.6. The number of carbonyl (C=O) groups is 1. The van der Waals surface area contributed by atoms with E-state index in [1.807, 2.05) is 37.3 Å². The van der Waals surface area contributed by atoms with Crippen molar-refractivity contribution in [1.82, 2.24) is 15.2 Å². The molecule has 0 aliphatic carbocycles. The minimum absolute atomic E-state index is 0.264. The number of hydrogen-bond donors (Lipinski definition) is 2. The fraction of sp³-hybridized carbons (Fsp3) is 0.273. The van der Waals surface area contributed by atoms with Gasteiger partial charge < -0.3 is 15.5 Å². The molecule has 29 heavy (non-hydrogen) atoms. The van der Waals surface area contributed by atoms with Gasteiger partial charge in [0, 0.05) is 30.7 Å². The summed E-state index contributed by atoms with van der Waals surface area (Å²) < 4.78 is 0. The summed E-state index contributed by atoms with van der Waals surface area (Å²) in [5, 5.41) is 14.2. The maximum Gasteiger partial charge on any atom is 0.276 e. The van der Waals surface area contributed by atoms with Gasteiger partial charge in [-0.15, -0.1) is 10.2 Å². The van der Waals surface area contributed by atoms with Crippen molar-refractivity contribution in [3.8, 4) is 0 Å². The first-order chi connectivity index (χ1) is 14.1. The maximum absolute atomic E-state index is 12.5. The van der Waals surface area contributed by atoms with Crippen LogP contribution in [0.5, 0.6) is 0 Å². The fourth-order valence-electron chi connectivity index (χ4n) is 2.99. The zero-order valence-electron chi connectivity index (χ0n) is 17.0. The Labute approximate surface area is 171 Å². The molecule has 3 aromatic rings. The topological polar surface area (TPSA) is 83.0 Å². The second-order valence-electron chi connectivity index (χ2n) is 6.60. The Morgan fingerprint density at radius 2 is 1.86 bits per heavy atom. The molecule has 7 heteroatoms. The number of carbonyl (C=O) groups excluding carboxylic acids is 1. The van der Waals surface area contributed by atoms with Gasteiger partial charge in [0.05, 0.1) is 12.2 Å². The average molecular weight is 390 g/mol. The fourth-order valence-corrected chi connectivity index (χ4v) is 2.99. The summed E-state index contributed by atoms with van der Waals surface area (Å²) in [6.07, 6.45) is 1.74. The van der Waals surface area contributed by atoms with Gasteiger partial charge in [0.15, 0.2) is 5.69 Å². The molecule has 2 aromatic heterocycles. The monoisotopic (exact) mass is 390 g/mol. The summed E-state index contributed by atoms with van der Waals surface area (Å²) in [6.45, 7) is 8.66. The van der Waals surface area contributed by atoms with E-state index in [1.165, 1.54) is 0 Å². The Kier molecular flexibility index (Phi) is 6.73. The number of nitrogens with one attached hydrogen (secondary N) is 2. The van der Waals surface area contributed by atoms with Crippen molar-refractivity contribution < 1.29 is 4.79 Å². The van der Waals surface area contributed by atoms with Crippen LogP contribution in [0.2, 0.25) is 0 Å². The molecule has 0 bridgehead atoms. The van der Waals surface area contributed by atoms with Gasteiger partial charge in [0.25, 0.3) is 5.91 Å². The largest absolute Gasteiger partial charge is 0.372 e. The van der Waals surface area contributed by atoms with E-state index in [-0.39, 0.29) is 11.6 Å². The van der Waals surface area contributed by atoms with Gasteiger partial charge in [-0.1, -0.05) is 6.07 Å². The van der Waals surface area contributed by atoms with E-state index in [4.69, 9.17) is 0 Å². The molecule has 1 amide bonds. The van der Waals surface area contributed by atoms with Crippen LogP contribution >= 0.6 is 0 Å².